The average molecular weight is 330 g/mol. The zero-order chi connectivity index (χ0) is 16.9. The van der Waals surface area contributed by atoms with E-state index in [1.165, 1.54) is 6.42 Å². The summed E-state index contributed by atoms with van der Waals surface area (Å²) in [4.78, 5) is 0. The second-order valence-electron chi connectivity index (χ2n) is 6.87. The minimum atomic E-state index is 0.127. The molecule has 0 aliphatic heterocycles. The van der Waals surface area contributed by atoms with Crippen LogP contribution in [-0.4, -0.2) is 44.7 Å². The second kappa shape index (κ2) is 13.2. The molecule has 0 aromatic carbocycles. The molecule has 1 aliphatic carbocycles. The quantitative estimate of drug-likeness (QED) is 0.521. The molecule has 0 aromatic rings. The number of unbranched alkanes of at least 4 members (excludes halogenated alkanes) is 3. The van der Waals surface area contributed by atoms with Gasteiger partial charge in [0.25, 0.3) is 0 Å². The molecule has 0 radical (unpaired) electrons. The van der Waals surface area contributed by atoms with Crippen molar-refractivity contribution in [3.63, 3.8) is 0 Å². The molecule has 0 heterocycles. The van der Waals surface area contributed by atoms with Crippen LogP contribution in [-0.2, 0) is 14.2 Å². The van der Waals surface area contributed by atoms with Crippen LogP contribution >= 0.6 is 0 Å². The monoisotopic (exact) mass is 329 g/mol. The Morgan fingerprint density at radius 2 is 1.43 bits per heavy atom. The molecule has 0 saturated heterocycles. The van der Waals surface area contributed by atoms with Crippen LogP contribution in [0.5, 0.6) is 0 Å². The van der Waals surface area contributed by atoms with E-state index >= 15 is 0 Å². The molecule has 0 amide bonds. The van der Waals surface area contributed by atoms with E-state index in [-0.39, 0.29) is 18.2 Å². The van der Waals surface area contributed by atoms with Gasteiger partial charge >= 0.3 is 0 Å². The van der Waals surface area contributed by atoms with Crippen LogP contribution < -0.4 is 5.73 Å². The number of nitrogens with two attached hydrogens (primary N) is 1. The molecule has 0 aromatic heterocycles. The third-order valence-electron chi connectivity index (χ3n) is 4.58. The van der Waals surface area contributed by atoms with Crippen molar-refractivity contribution in [1.82, 2.24) is 0 Å². The fourth-order valence-electron chi connectivity index (χ4n) is 3.15. The van der Waals surface area contributed by atoms with Gasteiger partial charge in [-0.2, -0.15) is 0 Å². The Kier molecular flexibility index (Phi) is 12.0. The summed E-state index contributed by atoms with van der Waals surface area (Å²) < 4.78 is 18.2. The first-order valence-electron chi connectivity index (χ1n) is 9.79. The number of hydrogen-bond donors (Lipinski definition) is 1. The number of rotatable bonds is 13. The zero-order valence-electron chi connectivity index (χ0n) is 15.6. The van der Waals surface area contributed by atoms with Gasteiger partial charge in [-0.15, -0.1) is 0 Å². The predicted octanol–water partition coefficient (Wildman–Crippen LogP) is 3.91. The molecule has 1 aliphatic rings. The molecule has 138 valence electrons. The Hall–Kier alpha value is -0.160. The predicted molar refractivity (Wildman–Crippen MR) is 95.7 cm³/mol. The Morgan fingerprint density at radius 1 is 0.826 bits per heavy atom. The number of ether oxygens (including phenoxy) is 3. The third kappa shape index (κ3) is 8.48. The van der Waals surface area contributed by atoms with E-state index in [4.69, 9.17) is 19.9 Å². The van der Waals surface area contributed by atoms with E-state index in [1.807, 2.05) is 0 Å². The summed E-state index contributed by atoms with van der Waals surface area (Å²) in [5, 5.41) is 0. The third-order valence-corrected chi connectivity index (χ3v) is 4.58. The molecule has 4 atom stereocenters. The van der Waals surface area contributed by atoms with Crippen LogP contribution in [0.4, 0.5) is 0 Å². The maximum atomic E-state index is 6.28. The van der Waals surface area contributed by atoms with Gasteiger partial charge in [0.15, 0.2) is 0 Å². The van der Waals surface area contributed by atoms with Crippen LogP contribution in [0.2, 0.25) is 0 Å². The smallest absolute Gasteiger partial charge is 0.0887 e. The van der Waals surface area contributed by atoms with E-state index in [0.29, 0.717) is 5.92 Å². The van der Waals surface area contributed by atoms with Crippen molar-refractivity contribution < 1.29 is 14.2 Å². The second-order valence-corrected chi connectivity index (χ2v) is 6.87. The highest BCUT2D eigenvalue weighted by Crippen LogP contribution is 2.30. The summed E-state index contributed by atoms with van der Waals surface area (Å²) in [6.07, 6.45) is 8.97. The fraction of sp³-hybridized carbons (Fsp3) is 1.00. The van der Waals surface area contributed by atoms with Gasteiger partial charge in [-0.25, -0.2) is 0 Å². The van der Waals surface area contributed by atoms with E-state index in [9.17, 15) is 0 Å². The molecular formula is C19H39NO3. The maximum absolute atomic E-state index is 6.28. The topological polar surface area (TPSA) is 53.7 Å². The van der Waals surface area contributed by atoms with Gasteiger partial charge in [-0.3, -0.25) is 0 Å². The Bertz CT molecular complexity index is 275. The molecule has 1 rings (SSSR count). The standard InChI is InChI=1S/C19H39NO3/c1-4-7-10-21-15-16-13-17(20)14-18(22-11-8-5-2)19(16)23-12-9-6-3/h16-19H,4-15,20H2,1-3H3/t16-,17-,18-,19-/m1/s1. The molecular weight excluding hydrogens is 290 g/mol. The summed E-state index contributed by atoms with van der Waals surface area (Å²) in [7, 11) is 0. The molecule has 0 spiro atoms. The van der Waals surface area contributed by atoms with Crippen molar-refractivity contribution in [3.8, 4) is 0 Å². The molecule has 4 nitrogen and oxygen atoms in total. The first kappa shape index (κ1) is 20.9. The lowest BCUT2D eigenvalue weighted by Gasteiger charge is -2.40. The molecule has 23 heavy (non-hydrogen) atoms. The molecule has 4 heteroatoms. The van der Waals surface area contributed by atoms with Crippen LogP contribution in [0, 0.1) is 5.92 Å². The van der Waals surface area contributed by atoms with Gasteiger partial charge in [-0.05, 0) is 32.1 Å². The van der Waals surface area contributed by atoms with Crippen LogP contribution in [0.15, 0.2) is 0 Å². The Labute approximate surface area is 143 Å². The van der Waals surface area contributed by atoms with Crippen LogP contribution in [0.25, 0.3) is 0 Å². The molecule has 0 bridgehead atoms. The van der Waals surface area contributed by atoms with E-state index in [1.54, 1.807) is 0 Å². The summed E-state index contributed by atoms with van der Waals surface area (Å²) in [6.45, 7) is 9.79. The highest BCUT2D eigenvalue weighted by atomic mass is 16.5. The van der Waals surface area contributed by atoms with E-state index in [0.717, 1.165) is 71.4 Å². The first-order valence-corrected chi connectivity index (χ1v) is 9.79. The highest BCUT2D eigenvalue weighted by Gasteiger charge is 2.38. The molecule has 0 unspecified atom stereocenters. The number of hydrogen-bond acceptors (Lipinski definition) is 4. The molecule has 1 saturated carbocycles. The van der Waals surface area contributed by atoms with Crippen LogP contribution in [0.1, 0.15) is 72.1 Å². The lowest BCUT2D eigenvalue weighted by Crippen LogP contribution is -2.50. The van der Waals surface area contributed by atoms with Crippen LogP contribution in [0.3, 0.4) is 0 Å². The Balaban J connectivity index is 2.56. The Morgan fingerprint density at radius 3 is 2.09 bits per heavy atom. The largest absolute Gasteiger partial charge is 0.381 e. The SMILES string of the molecule is CCCCOC[C@H]1C[C@@H](N)C[C@@H](OCCCC)[C@@H]1OCCCC. The zero-order valence-corrected chi connectivity index (χ0v) is 15.6. The van der Waals surface area contributed by atoms with E-state index < -0.39 is 0 Å². The van der Waals surface area contributed by atoms with Crippen molar-refractivity contribution in [3.05, 3.63) is 0 Å². The van der Waals surface area contributed by atoms with Gasteiger partial charge in [0, 0.05) is 31.8 Å². The van der Waals surface area contributed by atoms with Crippen molar-refractivity contribution in [2.75, 3.05) is 26.4 Å². The van der Waals surface area contributed by atoms with Gasteiger partial charge in [0.05, 0.1) is 18.8 Å². The molecule has 1 fully saturated rings. The lowest BCUT2D eigenvalue weighted by molar-refractivity contribution is -0.134. The highest BCUT2D eigenvalue weighted by molar-refractivity contribution is 4.90. The van der Waals surface area contributed by atoms with Crippen molar-refractivity contribution in [1.29, 1.82) is 0 Å². The summed E-state index contributed by atoms with van der Waals surface area (Å²) in [6, 6.07) is 0.201. The summed E-state index contributed by atoms with van der Waals surface area (Å²) in [5.74, 6) is 0.360. The van der Waals surface area contributed by atoms with Crippen molar-refractivity contribution >= 4 is 0 Å². The van der Waals surface area contributed by atoms with Gasteiger partial charge in [0.1, 0.15) is 0 Å². The molecule has 2 N–H and O–H groups in total. The minimum absolute atomic E-state index is 0.127. The van der Waals surface area contributed by atoms with E-state index in [2.05, 4.69) is 20.8 Å². The summed E-state index contributed by atoms with van der Waals surface area (Å²) >= 11 is 0. The minimum Gasteiger partial charge on any atom is -0.381 e. The lowest BCUT2D eigenvalue weighted by atomic mass is 9.82. The maximum Gasteiger partial charge on any atom is 0.0887 e. The summed E-state index contributed by atoms with van der Waals surface area (Å²) in [5.41, 5.74) is 6.28. The van der Waals surface area contributed by atoms with Gasteiger partial charge in [0.2, 0.25) is 0 Å². The first-order chi connectivity index (χ1) is 11.2. The van der Waals surface area contributed by atoms with Crippen molar-refractivity contribution in [2.24, 2.45) is 11.7 Å². The fourth-order valence-corrected chi connectivity index (χ4v) is 3.15. The van der Waals surface area contributed by atoms with Gasteiger partial charge in [-0.1, -0.05) is 40.0 Å². The van der Waals surface area contributed by atoms with Gasteiger partial charge < -0.3 is 19.9 Å². The van der Waals surface area contributed by atoms with Crippen molar-refractivity contribution in [2.45, 2.75) is 90.4 Å². The average Bonchev–Trinajstić information content (AvgIpc) is 2.54. The normalized spacial score (nSPS) is 28.2.